The molecule has 1 aliphatic rings. The molecule has 0 amide bonds. The van der Waals surface area contributed by atoms with Gasteiger partial charge in [-0.1, -0.05) is 36.8 Å². The number of rotatable bonds is 6. The van der Waals surface area contributed by atoms with E-state index in [1.54, 1.807) is 0 Å². The summed E-state index contributed by atoms with van der Waals surface area (Å²) >= 11 is 0. The van der Waals surface area contributed by atoms with Crippen LogP contribution in [0.3, 0.4) is 0 Å². The largest absolute Gasteiger partial charge is 0.481 e. The summed E-state index contributed by atoms with van der Waals surface area (Å²) in [5.41, 5.74) is 2.68. The van der Waals surface area contributed by atoms with Gasteiger partial charge in [0.25, 0.3) is 0 Å². The zero-order chi connectivity index (χ0) is 14.5. The molecule has 0 saturated carbocycles. The van der Waals surface area contributed by atoms with Crippen LogP contribution in [0.5, 0.6) is 0 Å². The molecular formula is C17H25NO2. The summed E-state index contributed by atoms with van der Waals surface area (Å²) in [5.74, 6) is -0.125. The highest BCUT2D eigenvalue weighted by Gasteiger charge is 2.28. The number of hydrogen-bond donors (Lipinski definition) is 1. The van der Waals surface area contributed by atoms with Gasteiger partial charge in [-0.15, -0.1) is 0 Å². The molecule has 3 nitrogen and oxygen atoms in total. The van der Waals surface area contributed by atoms with Crippen molar-refractivity contribution in [2.75, 3.05) is 13.1 Å². The van der Waals surface area contributed by atoms with Gasteiger partial charge in [0.1, 0.15) is 0 Å². The molecule has 110 valence electrons. The van der Waals surface area contributed by atoms with Crippen molar-refractivity contribution in [3.63, 3.8) is 0 Å². The van der Waals surface area contributed by atoms with Crippen LogP contribution in [0.25, 0.3) is 0 Å². The van der Waals surface area contributed by atoms with E-state index in [9.17, 15) is 4.79 Å². The van der Waals surface area contributed by atoms with Crippen molar-refractivity contribution < 1.29 is 9.90 Å². The number of carbonyl (C=O) groups is 1. The van der Waals surface area contributed by atoms with Gasteiger partial charge < -0.3 is 5.11 Å². The van der Waals surface area contributed by atoms with Crippen LogP contribution in [0.1, 0.15) is 49.8 Å². The monoisotopic (exact) mass is 275 g/mol. The molecule has 0 radical (unpaired) electrons. The molecule has 0 bridgehead atoms. The van der Waals surface area contributed by atoms with E-state index < -0.39 is 5.97 Å². The predicted octanol–water partition coefficient (Wildman–Crippen LogP) is 3.63. The first-order chi connectivity index (χ1) is 9.60. The Morgan fingerprint density at radius 3 is 2.70 bits per heavy atom. The molecule has 2 atom stereocenters. The number of benzene rings is 1. The van der Waals surface area contributed by atoms with Gasteiger partial charge in [-0.3, -0.25) is 9.69 Å². The van der Waals surface area contributed by atoms with Crippen molar-refractivity contribution in [2.24, 2.45) is 5.92 Å². The van der Waals surface area contributed by atoms with E-state index in [1.807, 2.05) is 0 Å². The second kappa shape index (κ2) is 6.89. The highest BCUT2D eigenvalue weighted by Crippen LogP contribution is 2.31. The number of nitrogens with zero attached hydrogens (tertiary/aromatic N) is 1. The molecule has 20 heavy (non-hydrogen) atoms. The summed E-state index contributed by atoms with van der Waals surface area (Å²) in [7, 11) is 0. The maximum atomic E-state index is 10.7. The highest BCUT2D eigenvalue weighted by atomic mass is 16.4. The number of likely N-dealkylation sites (tertiary alicyclic amines) is 1. The van der Waals surface area contributed by atoms with Crippen LogP contribution in [0.4, 0.5) is 0 Å². The fourth-order valence-electron chi connectivity index (χ4n) is 3.20. The summed E-state index contributed by atoms with van der Waals surface area (Å²) in [6, 6.07) is 9.29. The van der Waals surface area contributed by atoms with Gasteiger partial charge in [-0.05, 0) is 44.2 Å². The quantitative estimate of drug-likeness (QED) is 0.861. The van der Waals surface area contributed by atoms with Gasteiger partial charge in [0.2, 0.25) is 0 Å². The van der Waals surface area contributed by atoms with E-state index in [1.165, 1.54) is 11.1 Å². The Bertz CT molecular complexity index is 441. The third-order valence-electron chi connectivity index (χ3n) is 4.37. The second-order valence-electron chi connectivity index (χ2n) is 5.92. The standard InChI is InChI=1S/C17H25NO2/c1-3-16(15-7-4-13(2)5-8-15)18-11-10-14(12-18)6-9-17(19)20/h4-5,7-8,14,16H,3,6,9-12H2,1-2H3,(H,19,20). The van der Waals surface area contributed by atoms with Gasteiger partial charge >= 0.3 is 5.97 Å². The molecule has 2 unspecified atom stereocenters. The van der Waals surface area contributed by atoms with Gasteiger partial charge in [0.05, 0.1) is 0 Å². The van der Waals surface area contributed by atoms with Crippen molar-refractivity contribution >= 4 is 5.97 Å². The Labute approximate surface area is 121 Å². The zero-order valence-corrected chi connectivity index (χ0v) is 12.5. The molecule has 2 rings (SSSR count). The summed E-state index contributed by atoms with van der Waals surface area (Å²) in [4.78, 5) is 13.2. The average Bonchev–Trinajstić information content (AvgIpc) is 2.88. The SMILES string of the molecule is CCC(c1ccc(C)cc1)N1CCC(CCC(=O)O)C1. The van der Waals surface area contributed by atoms with E-state index in [0.29, 0.717) is 18.4 Å². The Morgan fingerprint density at radius 2 is 2.10 bits per heavy atom. The van der Waals surface area contributed by atoms with Crippen LogP contribution in [-0.4, -0.2) is 29.1 Å². The molecule has 0 aliphatic carbocycles. The minimum Gasteiger partial charge on any atom is -0.481 e. The smallest absolute Gasteiger partial charge is 0.303 e. The van der Waals surface area contributed by atoms with E-state index >= 15 is 0 Å². The van der Waals surface area contributed by atoms with Crippen molar-refractivity contribution in [3.05, 3.63) is 35.4 Å². The minimum atomic E-state index is -0.672. The molecule has 0 aromatic heterocycles. The average molecular weight is 275 g/mol. The molecule has 1 aromatic rings. The fraction of sp³-hybridized carbons (Fsp3) is 0.588. The summed E-state index contributed by atoms with van der Waals surface area (Å²) < 4.78 is 0. The van der Waals surface area contributed by atoms with Crippen LogP contribution in [0.15, 0.2) is 24.3 Å². The first-order valence-corrected chi connectivity index (χ1v) is 7.62. The van der Waals surface area contributed by atoms with Crippen LogP contribution in [0, 0.1) is 12.8 Å². The molecule has 1 aliphatic heterocycles. The third kappa shape index (κ3) is 3.83. The van der Waals surface area contributed by atoms with Crippen LogP contribution in [-0.2, 0) is 4.79 Å². The van der Waals surface area contributed by atoms with Crippen molar-refractivity contribution in [1.82, 2.24) is 4.90 Å². The number of carboxylic acids is 1. The molecule has 1 saturated heterocycles. The summed E-state index contributed by atoms with van der Waals surface area (Å²) in [5, 5.41) is 8.79. The lowest BCUT2D eigenvalue weighted by Crippen LogP contribution is -2.26. The second-order valence-corrected chi connectivity index (χ2v) is 5.92. The fourth-order valence-corrected chi connectivity index (χ4v) is 3.20. The molecule has 1 N–H and O–H groups in total. The van der Waals surface area contributed by atoms with Crippen molar-refractivity contribution in [2.45, 2.75) is 45.6 Å². The maximum absolute atomic E-state index is 10.7. The van der Waals surface area contributed by atoms with E-state index in [0.717, 1.165) is 32.4 Å². The number of carboxylic acid groups (broad SMARTS) is 1. The summed E-state index contributed by atoms with van der Waals surface area (Å²) in [6.07, 6.45) is 3.36. The molecule has 1 heterocycles. The van der Waals surface area contributed by atoms with Crippen LogP contribution < -0.4 is 0 Å². The topological polar surface area (TPSA) is 40.5 Å². The number of aryl methyl sites for hydroxylation is 1. The normalized spacial score (nSPS) is 21.0. The molecular weight excluding hydrogens is 250 g/mol. The highest BCUT2D eigenvalue weighted by molar-refractivity contribution is 5.66. The van der Waals surface area contributed by atoms with Crippen molar-refractivity contribution in [1.29, 1.82) is 0 Å². The van der Waals surface area contributed by atoms with E-state index in [4.69, 9.17) is 5.11 Å². The van der Waals surface area contributed by atoms with Gasteiger partial charge in [0.15, 0.2) is 0 Å². The van der Waals surface area contributed by atoms with Gasteiger partial charge in [-0.2, -0.15) is 0 Å². The number of hydrogen-bond acceptors (Lipinski definition) is 2. The predicted molar refractivity (Wildman–Crippen MR) is 80.8 cm³/mol. The van der Waals surface area contributed by atoms with E-state index in [-0.39, 0.29) is 0 Å². The number of aliphatic carboxylic acids is 1. The van der Waals surface area contributed by atoms with Gasteiger partial charge in [-0.25, -0.2) is 0 Å². The lowest BCUT2D eigenvalue weighted by molar-refractivity contribution is -0.137. The van der Waals surface area contributed by atoms with Gasteiger partial charge in [0, 0.05) is 19.0 Å². The first-order valence-electron chi connectivity index (χ1n) is 7.62. The lowest BCUT2D eigenvalue weighted by Gasteiger charge is -2.27. The Morgan fingerprint density at radius 1 is 1.40 bits per heavy atom. The zero-order valence-electron chi connectivity index (χ0n) is 12.5. The van der Waals surface area contributed by atoms with Crippen LogP contribution in [0.2, 0.25) is 0 Å². The van der Waals surface area contributed by atoms with E-state index in [2.05, 4.69) is 43.0 Å². The Kier molecular flexibility index (Phi) is 5.18. The Hall–Kier alpha value is -1.35. The van der Waals surface area contributed by atoms with Crippen LogP contribution >= 0.6 is 0 Å². The Balaban J connectivity index is 1.96. The maximum Gasteiger partial charge on any atom is 0.303 e. The summed E-state index contributed by atoms with van der Waals surface area (Å²) in [6.45, 7) is 6.48. The molecule has 1 fully saturated rings. The molecule has 3 heteroatoms. The van der Waals surface area contributed by atoms with Crippen molar-refractivity contribution in [3.8, 4) is 0 Å². The molecule has 1 aromatic carbocycles. The molecule has 0 spiro atoms. The first kappa shape index (κ1) is 15.0. The lowest BCUT2D eigenvalue weighted by atomic mass is 10.0. The third-order valence-corrected chi connectivity index (χ3v) is 4.37. The minimum absolute atomic E-state index is 0.305.